The van der Waals surface area contributed by atoms with Crippen LogP contribution in [0.5, 0.6) is 5.75 Å². The molecule has 1 aliphatic heterocycles. The third-order valence-electron chi connectivity index (χ3n) is 4.76. The Labute approximate surface area is 160 Å². The van der Waals surface area contributed by atoms with Crippen molar-refractivity contribution < 1.29 is 17.9 Å². The third kappa shape index (κ3) is 4.31. The molecular weight excluding hydrogens is 364 g/mol. The second-order valence-electron chi connectivity index (χ2n) is 6.65. The van der Waals surface area contributed by atoms with Crippen molar-refractivity contribution in [2.24, 2.45) is 0 Å². The van der Waals surface area contributed by atoms with Crippen LogP contribution >= 0.6 is 0 Å². The number of methoxy groups -OCH3 is 1. The highest BCUT2D eigenvalue weighted by atomic mass is 32.2. The van der Waals surface area contributed by atoms with E-state index in [9.17, 15) is 13.2 Å². The molecular formula is C20H24N2O4S. The van der Waals surface area contributed by atoms with E-state index in [1.54, 1.807) is 31.4 Å². The van der Waals surface area contributed by atoms with E-state index in [2.05, 4.69) is 5.32 Å². The molecule has 0 bridgehead atoms. The lowest BCUT2D eigenvalue weighted by atomic mass is 10.2. The minimum absolute atomic E-state index is 0.225. The first-order valence-corrected chi connectivity index (χ1v) is 10.3. The highest BCUT2D eigenvalue weighted by molar-refractivity contribution is 7.89. The number of rotatable bonds is 6. The highest BCUT2D eigenvalue weighted by Gasteiger charge is 2.39. The Morgan fingerprint density at radius 3 is 2.44 bits per heavy atom. The molecule has 2 aromatic rings. The maximum Gasteiger partial charge on any atom is 0.243 e. The first-order valence-electron chi connectivity index (χ1n) is 8.91. The van der Waals surface area contributed by atoms with Gasteiger partial charge in [0.25, 0.3) is 0 Å². The number of amides is 1. The predicted octanol–water partition coefficient (Wildman–Crippen LogP) is 2.47. The molecule has 1 amide bonds. The number of aryl methyl sites for hydroxylation is 1. The van der Waals surface area contributed by atoms with E-state index in [1.807, 2.05) is 31.2 Å². The number of nitrogens with one attached hydrogen (secondary N) is 1. The molecule has 1 N–H and O–H groups in total. The molecule has 0 unspecified atom stereocenters. The summed E-state index contributed by atoms with van der Waals surface area (Å²) in [5.74, 6) is 0.482. The van der Waals surface area contributed by atoms with Crippen molar-refractivity contribution in [3.05, 3.63) is 59.7 Å². The van der Waals surface area contributed by atoms with Crippen LogP contribution in [-0.2, 0) is 21.4 Å². The van der Waals surface area contributed by atoms with Crippen LogP contribution in [0, 0.1) is 6.92 Å². The molecule has 7 heteroatoms. The van der Waals surface area contributed by atoms with Crippen molar-refractivity contribution in [2.75, 3.05) is 13.7 Å². The standard InChI is InChI=1S/C20H24N2O4S/c1-15-5-11-18(12-6-15)27(24,25)22-13-3-4-19(22)20(23)21-14-16-7-9-17(26-2)10-8-16/h5-12,19H,3-4,13-14H2,1-2H3,(H,21,23)/t19-/m1/s1. The smallest absolute Gasteiger partial charge is 0.243 e. The average molecular weight is 388 g/mol. The lowest BCUT2D eigenvalue weighted by Crippen LogP contribution is -2.45. The zero-order valence-corrected chi connectivity index (χ0v) is 16.3. The van der Waals surface area contributed by atoms with Crippen molar-refractivity contribution in [3.63, 3.8) is 0 Å². The highest BCUT2D eigenvalue weighted by Crippen LogP contribution is 2.26. The first kappa shape index (κ1) is 19.4. The molecule has 0 aliphatic carbocycles. The summed E-state index contributed by atoms with van der Waals surface area (Å²) in [6, 6.07) is 13.4. The van der Waals surface area contributed by atoms with Gasteiger partial charge in [-0.3, -0.25) is 4.79 Å². The number of carbonyl (C=O) groups is 1. The molecule has 144 valence electrons. The zero-order valence-electron chi connectivity index (χ0n) is 15.5. The fourth-order valence-corrected chi connectivity index (χ4v) is 4.84. The van der Waals surface area contributed by atoms with Gasteiger partial charge >= 0.3 is 0 Å². The summed E-state index contributed by atoms with van der Waals surface area (Å²) >= 11 is 0. The maximum atomic E-state index is 12.9. The van der Waals surface area contributed by atoms with E-state index in [1.165, 1.54) is 4.31 Å². The molecule has 1 aliphatic rings. The van der Waals surface area contributed by atoms with E-state index < -0.39 is 16.1 Å². The molecule has 0 radical (unpaired) electrons. The second-order valence-corrected chi connectivity index (χ2v) is 8.54. The van der Waals surface area contributed by atoms with Gasteiger partial charge in [-0.15, -0.1) is 0 Å². The van der Waals surface area contributed by atoms with E-state index in [0.29, 0.717) is 25.9 Å². The van der Waals surface area contributed by atoms with Gasteiger partial charge in [0.05, 0.1) is 12.0 Å². The van der Waals surface area contributed by atoms with Crippen molar-refractivity contribution >= 4 is 15.9 Å². The number of hydrogen-bond donors (Lipinski definition) is 1. The van der Waals surface area contributed by atoms with E-state index >= 15 is 0 Å². The Hall–Kier alpha value is -2.38. The fourth-order valence-electron chi connectivity index (χ4n) is 3.19. The molecule has 1 saturated heterocycles. The van der Waals surface area contributed by atoms with Crippen LogP contribution in [0.4, 0.5) is 0 Å². The van der Waals surface area contributed by atoms with Crippen LogP contribution in [-0.4, -0.2) is 38.3 Å². The number of benzene rings is 2. The van der Waals surface area contributed by atoms with Gasteiger partial charge < -0.3 is 10.1 Å². The van der Waals surface area contributed by atoms with Crippen LogP contribution in [0.15, 0.2) is 53.4 Å². The Morgan fingerprint density at radius 2 is 1.81 bits per heavy atom. The van der Waals surface area contributed by atoms with Gasteiger partial charge in [0.15, 0.2) is 0 Å². The van der Waals surface area contributed by atoms with Gasteiger partial charge in [-0.05, 0) is 49.6 Å². The summed E-state index contributed by atoms with van der Waals surface area (Å²) in [5.41, 5.74) is 1.92. The predicted molar refractivity (Wildman–Crippen MR) is 103 cm³/mol. The Balaban J connectivity index is 1.69. The monoisotopic (exact) mass is 388 g/mol. The molecule has 2 aromatic carbocycles. The molecule has 1 atom stereocenters. The number of carbonyl (C=O) groups excluding carboxylic acids is 1. The van der Waals surface area contributed by atoms with Crippen molar-refractivity contribution in [2.45, 2.75) is 37.2 Å². The number of ether oxygens (including phenoxy) is 1. The molecule has 3 rings (SSSR count). The number of sulfonamides is 1. The quantitative estimate of drug-likeness (QED) is 0.825. The van der Waals surface area contributed by atoms with Gasteiger partial charge in [-0.1, -0.05) is 29.8 Å². The average Bonchev–Trinajstić information content (AvgIpc) is 3.18. The Bertz CT molecular complexity index is 893. The van der Waals surface area contributed by atoms with Crippen LogP contribution in [0.25, 0.3) is 0 Å². The van der Waals surface area contributed by atoms with Gasteiger partial charge in [0.1, 0.15) is 11.8 Å². The lowest BCUT2D eigenvalue weighted by Gasteiger charge is -2.23. The summed E-state index contributed by atoms with van der Waals surface area (Å²) in [7, 11) is -2.09. The lowest BCUT2D eigenvalue weighted by molar-refractivity contribution is -0.124. The van der Waals surface area contributed by atoms with Crippen LogP contribution in [0.2, 0.25) is 0 Å². The normalized spacial score (nSPS) is 17.6. The summed E-state index contributed by atoms with van der Waals surface area (Å²) in [4.78, 5) is 12.9. The van der Waals surface area contributed by atoms with Gasteiger partial charge in [0, 0.05) is 13.1 Å². The Morgan fingerprint density at radius 1 is 1.15 bits per heavy atom. The topological polar surface area (TPSA) is 75.7 Å². The minimum atomic E-state index is -3.69. The maximum absolute atomic E-state index is 12.9. The van der Waals surface area contributed by atoms with Crippen molar-refractivity contribution in [1.29, 1.82) is 0 Å². The molecule has 1 fully saturated rings. The van der Waals surface area contributed by atoms with Gasteiger partial charge in [-0.2, -0.15) is 4.31 Å². The van der Waals surface area contributed by atoms with Crippen LogP contribution in [0.1, 0.15) is 24.0 Å². The molecule has 0 saturated carbocycles. The third-order valence-corrected chi connectivity index (χ3v) is 6.68. The van der Waals surface area contributed by atoms with Crippen molar-refractivity contribution in [1.82, 2.24) is 9.62 Å². The van der Waals surface area contributed by atoms with Crippen LogP contribution < -0.4 is 10.1 Å². The van der Waals surface area contributed by atoms with Crippen molar-refractivity contribution in [3.8, 4) is 5.75 Å². The second kappa shape index (κ2) is 8.10. The largest absolute Gasteiger partial charge is 0.497 e. The SMILES string of the molecule is COc1ccc(CNC(=O)[C@H]2CCCN2S(=O)(=O)c2ccc(C)cc2)cc1. The first-order chi connectivity index (χ1) is 12.9. The van der Waals surface area contributed by atoms with Crippen LogP contribution in [0.3, 0.4) is 0 Å². The summed E-state index contributed by atoms with van der Waals surface area (Å²) in [6.07, 6.45) is 1.20. The molecule has 6 nitrogen and oxygen atoms in total. The Kier molecular flexibility index (Phi) is 5.82. The van der Waals surface area contributed by atoms with E-state index in [-0.39, 0.29) is 10.8 Å². The molecule has 0 aromatic heterocycles. The summed E-state index contributed by atoms with van der Waals surface area (Å²) in [5, 5.41) is 2.86. The number of nitrogens with zero attached hydrogens (tertiary/aromatic N) is 1. The minimum Gasteiger partial charge on any atom is -0.497 e. The molecule has 27 heavy (non-hydrogen) atoms. The summed E-state index contributed by atoms with van der Waals surface area (Å²) < 4.78 is 32.3. The fraction of sp³-hybridized carbons (Fsp3) is 0.350. The molecule has 1 heterocycles. The number of hydrogen-bond acceptors (Lipinski definition) is 4. The van der Waals surface area contributed by atoms with E-state index in [0.717, 1.165) is 16.9 Å². The van der Waals surface area contributed by atoms with E-state index in [4.69, 9.17) is 4.74 Å². The summed E-state index contributed by atoms with van der Waals surface area (Å²) in [6.45, 7) is 2.61. The zero-order chi connectivity index (χ0) is 19.4. The van der Waals surface area contributed by atoms with Gasteiger partial charge in [-0.25, -0.2) is 8.42 Å². The van der Waals surface area contributed by atoms with Gasteiger partial charge in [0.2, 0.25) is 15.9 Å². The molecule has 0 spiro atoms.